The van der Waals surface area contributed by atoms with Crippen molar-refractivity contribution in [1.29, 1.82) is 0 Å². The van der Waals surface area contributed by atoms with Crippen LogP contribution in [0.15, 0.2) is 0 Å². The topological polar surface area (TPSA) is 12.5 Å². The first-order chi connectivity index (χ1) is 5.97. The predicted molar refractivity (Wildman–Crippen MR) is 73.1 cm³/mol. The first-order valence-corrected chi connectivity index (χ1v) is 15.6. The summed E-state index contributed by atoms with van der Waals surface area (Å²) in [4.78, 5) is 0. The van der Waals surface area contributed by atoms with E-state index in [9.17, 15) is 0 Å². The summed E-state index contributed by atoms with van der Waals surface area (Å²) in [7, 11) is 0.191. The largest absolute Gasteiger partial charge is 0.422 e. The molecule has 0 radical (unpaired) electrons. The van der Waals surface area contributed by atoms with Crippen molar-refractivity contribution >= 4 is 23.8 Å². The Kier molecular flexibility index (Phi) is 4.38. The van der Waals surface area contributed by atoms with Gasteiger partial charge in [0.2, 0.25) is 0 Å². The Labute approximate surface area is 92.7 Å². The summed E-state index contributed by atoms with van der Waals surface area (Å²) in [5.74, 6) is 0. The van der Waals surface area contributed by atoms with E-state index in [1.165, 1.54) is 0 Å². The Morgan fingerprint density at radius 3 is 1.43 bits per heavy atom. The van der Waals surface area contributed by atoms with Crippen molar-refractivity contribution in [3.8, 4) is 0 Å². The fourth-order valence-electron chi connectivity index (χ4n) is 1.49. The third kappa shape index (κ3) is 2.79. The molecular formula is C9H27NOSi3. The zero-order chi connectivity index (χ0) is 11.8. The van der Waals surface area contributed by atoms with Gasteiger partial charge in [0.25, 0.3) is 0 Å². The second-order valence-corrected chi connectivity index (χ2v) is 26.0. The minimum atomic E-state index is -1.48. The van der Waals surface area contributed by atoms with Crippen molar-refractivity contribution in [2.45, 2.75) is 45.8 Å². The van der Waals surface area contributed by atoms with Crippen LogP contribution in [0.5, 0.6) is 0 Å². The molecule has 0 saturated carbocycles. The summed E-state index contributed by atoms with van der Waals surface area (Å²) in [5, 5.41) is 0. The highest BCUT2D eigenvalue weighted by molar-refractivity contribution is 7.38. The van der Waals surface area contributed by atoms with Crippen LogP contribution in [0.3, 0.4) is 0 Å². The molecule has 0 aromatic heterocycles. The van der Waals surface area contributed by atoms with Gasteiger partial charge in [-0.25, -0.2) is 0 Å². The zero-order valence-corrected chi connectivity index (χ0v) is 14.4. The molecule has 0 saturated heterocycles. The molecule has 0 aliphatic heterocycles. The van der Waals surface area contributed by atoms with E-state index in [-0.39, 0.29) is 0 Å². The van der Waals surface area contributed by atoms with Gasteiger partial charge in [0.1, 0.15) is 16.0 Å². The average molecular weight is 250 g/mol. The number of hydrogen-bond acceptors (Lipinski definition) is 2. The minimum Gasteiger partial charge on any atom is -0.422 e. The molecule has 0 aliphatic rings. The highest BCUT2D eigenvalue weighted by Crippen LogP contribution is 2.26. The van der Waals surface area contributed by atoms with E-state index in [1.807, 2.05) is 7.11 Å². The van der Waals surface area contributed by atoms with Crippen molar-refractivity contribution in [2.75, 3.05) is 14.2 Å². The fraction of sp³-hybridized carbons (Fsp3) is 1.00. The fourth-order valence-corrected chi connectivity index (χ4v) is 18.9. The molecule has 86 valence electrons. The van der Waals surface area contributed by atoms with Crippen LogP contribution in [0.2, 0.25) is 45.8 Å². The Hall–Kier alpha value is 0.571. The Morgan fingerprint density at radius 2 is 1.21 bits per heavy atom. The van der Waals surface area contributed by atoms with E-state index in [2.05, 4.69) is 57.1 Å². The maximum atomic E-state index is 5.80. The first kappa shape index (κ1) is 14.6. The van der Waals surface area contributed by atoms with Crippen molar-refractivity contribution in [3.05, 3.63) is 0 Å². The smallest absolute Gasteiger partial charge is 0.190 e. The molecule has 0 N–H and O–H groups in total. The second kappa shape index (κ2) is 4.21. The zero-order valence-electron chi connectivity index (χ0n) is 11.4. The Bertz CT molecular complexity index is 199. The van der Waals surface area contributed by atoms with Crippen molar-refractivity contribution in [1.82, 2.24) is 4.23 Å². The van der Waals surface area contributed by atoms with Crippen LogP contribution in [-0.2, 0) is 4.43 Å². The quantitative estimate of drug-likeness (QED) is 0.711. The van der Waals surface area contributed by atoms with E-state index in [1.54, 1.807) is 0 Å². The molecule has 0 aliphatic carbocycles. The van der Waals surface area contributed by atoms with Crippen LogP contribution in [0, 0.1) is 0 Å². The average Bonchev–Trinajstić information content (AvgIpc) is 2.01. The molecule has 0 amide bonds. The summed E-state index contributed by atoms with van der Waals surface area (Å²) in [5.41, 5.74) is 0. The maximum Gasteiger partial charge on any atom is 0.190 e. The lowest BCUT2D eigenvalue weighted by Crippen LogP contribution is -2.71. The Balaban J connectivity index is 4.96. The number of nitrogens with zero attached hydrogens (tertiary/aromatic N) is 1. The van der Waals surface area contributed by atoms with Gasteiger partial charge in [-0.05, 0) is 20.1 Å². The van der Waals surface area contributed by atoms with Crippen molar-refractivity contribution < 1.29 is 4.43 Å². The second-order valence-electron chi connectivity index (χ2n) is 6.00. The lowest BCUT2D eigenvalue weighted by molar-refractivity contribution is 0.416. The molecule has 0 spiro atoms. The highest BCUT2D eigenvalue weighted by atomic mass is 29.3. The van der Waals surface area contributed by atoms with Gasteiger partial charge in [-0.15, -0.1) is 0 Å². The van der Waals surface area contributed by atoms with Crippen LogP contribution in [0.25, 0.3) is 0 Å². The lowest BCUT2D eigenvalue weighted by atomic mass is 11.6. The standard InChI is InChI=1S/C9H27NOSi3/c1-10(12(3,4)5)13(6,7)14(8,9)11-2/h1-9H3. The summed E-state index contributed by atoms with van der Waals surface area (Å²) in [6, 6.07) is 0. The predicted octanol–water partition coefficient (Wildman–Crippen LogP) is 2.89. The van der Waals surface area contributed by atoms with Crippen molar-refractivity contribution in [2.24, 2.45) is 0 Å². The molecule has 14 heavy (non-hydrogen) atoms. The lowest BCUT2D eigenvalue weighted by Gasteiger charge is -2.48. The van der Waals surface area contributed by atoms with Crippen molar-refractivity contribution in [3.63, 3.8) is 0 Å². The monoisotopic (exact) mass is 249 g/mol. The van der Waals surface area contributed by atoms with Crippen LogP contribution in [-0.4, -0.2) is 42.2 Å². The molecule has 2 nitrogen and oxygen atoms in total. The third-order valence-electron chi connectivity index (χ3n) is 3.83. The minimum absolute atomic E-state index is 1.17. The number of hydrogen-bond donors (Lipinski definition) is 0. The van der Waals surface area contributed by atoms with Crippen LogP contribution in [0.4, 0.5) is 0 Å². The third-order valence-corrected chi connectivity index (χ3v) is 26.3. The van der Waals surface area contributed by atoms with Gasteiger partial charge in [-0.2, -0.15) is 0 Å². The molecule has 0 atom stereocenters. The first-order valence-electron chi connectivity index (χ1n) is 5.26. The molecule has 0 unspecified atom stereocenters. The normalized spacial score (nSPS) is 15.0. The SMILES string of the molecule is CO[Si](C)(C)[Si](C)(C)N(C)[Si](C)(C)C. The molecule has 0 bridgehead atoms. The summed E-state index contributed by atoms with van der Waals surface area (Å²) in [6.07, 6.45) is 0. The van der Waals surface area contributed by atoms with Crippen LogP contribution < -0.4 is 0 Å². The maximum absolute atomic E-state index is 5.80. The Morgan fingerprint density at radius 1 is 0.857 bits per heavy atom. The van der Waals surface area contributed by atoms with E-state index in [4.69, 9.17) is 4.43 Å². The molecule has 0 aromatic carbocycles. The van der Waals surface area contributed by atoms with E-state index >= 15 is 0 Å². The van der Waals surface area contributed by atoms with Gasteiger partial charge in [0.15, 0.2) is 7.83 Å². The van der Waals surface area contributed by atoms with Gasteiger partial charge in [-0.1, -0.05) is 32.7 Å². The van der Waals surface area contributed by atoms with E-state index < -0.39 is 23.8 Å². The van der Waals surface area contributed by atoms with Gasteiger partial charge in [0, 0.05) is 7.11 Å². The molecule has 0 aromatic rings. The van der Waals surface area contributed by atoms with E-state index in [0.29, 0.717) is 0 Å². The molecule has 5 heteroatoms. The summed E-state index contributed by atoms with van der Waals surface area (Å²) < 4.78 is 8.50. The van der Waals surface area contributed by atoms with Crippen LogP contribution >= 0.6 is 0 Å². The van der Waals surface area contributed by atoms with Crippen LogP contribution in [0.1, 0.15) is 0 Å². The van der Waals surface area contributed by atoms with Gasteiger partial charge >= 0.3 is 0 Å². The van der Waals surface area contributed by atoms with Gasteiger partial charge in [-0.3, -0.25) is 0 Å². The molecule has 0 rings (SSSR count). The highest BCUT2D eigenvalue weighted by Gasteiger charge is 2.48. The molecule has 0 fully saturated rings. The summed E-state index contributed by atoms with van der Waals surface area (Å²) >= 11 is 0. The van der Waals surface area contributed by atoms with Gasteiger partial charge < -0.3 is 8.66 Å². The van der Waals surface area contributed by atoms with E-state index in [0.717, 1.165) is 0 Å². The summed E-state index contributed by atoms with van der Waals surface area (Å²) in [6.45, 7) is 16.9. The number of rotatable bonds is 4. The molecule has 0 heterocycles. The van der Waals surface area contributed by atoms with Gasteiger partial charge in [0.05, 0.1) is 0 Å². The molecular weight excluding hydrogens is 222 g/mol.